The van der Waals surface area contributed by atoms with E-state index < -0.39 is 23.6 Å². The second kappa shape index (κ2) is 6.62. The second-order valence-corrected chi connectivity index (χ2v) is 4.77. The molecule has 0 saturated carbocycles. The van der Waals surface area contributed by atoms with Crippen LogP contribution < -0.4 is 5.32 Å². The number of amides is 1. The maximum Gasteiger partial charge on any atom is 0.307 e. The topological polar surface area (TPSA) is 58.6 Å². The minimum Gasteiger partial charge on any atom is -0.469 e. The quantitative estimate of drug-likeness (QED) is 0.837. The normalized spacial score (nSPS) is 19.2. The van der Waals surface area contributed by atoms with E-state index in [0.29, 0.717) is 13.1 Å². The minimum absolute atomic E-state index is 0.0542. The molecule has 0 spiro atoms. The number of rotatable bonds is 4. The van der Waals surface area contributed by atoms with Gasteiger partial charge >= 0.3 is 5.97 Å². The van der Waals surface area contributed by atoms with Crippen LogP contribution in [-0.2, 0) is 20.9 Å². The molecular formula is C14H16F2N2O3. The number of esters is 1. The molecule has 1 aromatic carbocycles. The van der Waals surface area contributed by atoms with Crippen molar-refractivity contribution in [3.8, 4) is 0 Å². The molecular weight excluding hydrogens is 282 g/mol. The Hall–Kier alpha value is -2.02. The summed E-state index contributed by atoms with van der Waals surface area (Å²) < 4.78 is 31.5. The van der Waals surface area contributed by atoms with E-state index in [2.05, 4.69) is 10.1 Å². The van der Waals surface area contributed by atoms with Gasteiger partial charge in [0.05, 0.1) is 13.5 Å². The first-order valence-electron chi connectivity index (χ1n) is 6.54. The van der Waals surface area contributed by atoms with Crippen molar-refractivity contribution in [2.75, 3.05) is 20.2 Å². The Morgan fingerprint density at radius 3 is 2.95 bits per heavy atom. The molecule has 0 aliphatic carbocycles. The monoisotopic (exact) mass is 298 g/mol. The van der Waals surface area contributed by atoms with Gasteiger partial charge in [0.15, 0.2) is 11.6 Å². The van der Waals surface area contributed by atoms with Gasteiger partial charge in [0.25, 0.3) is 0 Å². The summed E-state index contributed by atoms with van der Waals surface area (Å²) in [6.45, 7) is 0.898. The number of nitrogens with zero attached hydrogens (tertiary/aromatic N) is 1. The Kier molecular flexibility index (Phi) is 4.85. The van der Waals surface area contributed by atoms with Crippen molar-refractivity contribution in [2.24, 2.45) is 0 Å². The Labute approximate surface area is 120 Å². The summed E-state index contributed by atoms with van der Waals surface area (Å²) in [5, 5.41) is 2.65. The summed E-state index contributed by atoms with van der Waals surface area (Å²) in [6, 6.07) is 3.16. The van der Waals surface area contributed by atoms with Gasteiger partial charge in [-0.1, -0.05) is 12.1 Å². The maximum atomic E-state index is 13.7. The Bertz CT molecular complexity index is 551. The van der Waals surface area contributed by atoms with E-state index in [1.807, 2.05) is 0 Å². The van der Waals surface area contributed by atoms with Crippen molar-refractivity contribution in [1.82, 2.24) is 10.2 Å². The van der Waals surface area contributed by atoms with Gasteiger partial charge in [0, 0.05) is 25.2 Å². The van der Waals surface area contributed by atoms with Gasteiger partial charge < -0.3 is 10.1 Å². The van der Waals surface area contributed by atoms with E-state index in [1.165, 1.54) is 19.2 Å². The molecule has 1 heterocycles. The number of benzene rings is 1. The predicted octanol–water partition coefficient (Wildman–Crippen LogP) is 0.828. The Morgan fingerprint density at radius 2 is 2.24 bits per heavy atom. The van der Waals surface area contributed by atoms with Crippen molar-refractivity contribution < 1.29 is 23.1 Å². The van der Waals surface area contributed by atoms with Crippen LogP contribution in [0.1, 0.15) is 12.0 Å². The molecule has 1 aliphatic heterocycles. The number of ether oxygens (including phenoxy) is 1. The predicted molar refractivity (Wildman–Crippen MR) is 70.2 cm³/mol. The summed E-state index contributed by atoms with van der Waals surface area (Å²) in [4.78, 5) is 24.9. The third kappa shape index (κ3) is 3.55. The zero-order valence-electron chi connectivity index (χ0n) is 11.6. The van der Waals surface area contributed by atoms with Gasteiger partial charge in [-0.3, -0.25) is 14.5 Å². The Balaban J connectivity index is 2.17. The van der Waals surface area contributed by atoms with Crippen molar-refractivity contribution >= 4 is 11.9 Å². The number of methoxy groups -OCH3 is 1. The van der Waals surface area contributed by atoms with Gasteiger partial charge in [0.2, 0.25) is 5.91 Å². The standard InChI is InChI=1S/C14H16F2N2O3/c1-21-12(19)7-11-14(20)17-5-6-18(11)8-9-3-2-4-10(15)13(9)16/h2-4,11H,5-8H2,1H3,(H,17,20). The first-order chi connectivity index (χ1) is 10.0. The van der Waals surface area contributed by atoms with Gasteiger partial charge in [-0.2, -0.15) is 0 Å². The fourth-order valence-corrected chi connectivity index (χ4v) is 2.30. The molecule has 1 aromatic rings. The first-order valence-corrected chi connectivity index (χ1v) is 6.54. The molecule has 21 heavy (non-hydrogen) atoms. The van der Waals surface area contributed by atoms with E-state index in [0.717, 1.165) is 6.07 Å². The SMILES string of the molecule is COC(=O)CC1C(=O)NCCN1Cc1cccc(F)c1F. The van der Waals surface area contributed by atoms with Crippen LogP contribution in [-0.4, -0.2) is 43.0 Å². The summed E-state index contributed by atoms with van der Waals surface area (Å²) in [5.41, 5.74) is 0.152. The van der Waals surface area contributed by atoms with Gasteiger partial charge in [-0.15, -0.1) is 0 Å². The fraction of sp³-hybridized carbons (Fsp3) is 0.429. The largest absolute Gasteiger partial charge is 0.469 e. The van der Waals surface area contributed by atoms with Gasteiger partial charge in [-0.05, 0) is 6.07 Å². The average Bonchev–Trinajstić information content (AvgIpc) is 2.47. The molecule has 1 amide bonds. The number of halogens is 2. The van der Waals surface area contributed by atoms with E-state index in [-0.39, 0.29) is 24.4 Å². The fourth-order valence-electron chi connectivity index (χ4n) is 2.30. The first kappa shape index (κ1) is 15.4. The van der Waals surface area contributed by atoms with Gasteiger partial charge in [-0.25, -0.2) is 8.78 Å². The van der Waals surface area contributed by atoms with E-state index in [9.17, 15) is 18.4 Å². The van der Waals surface area contributed by atoms with Crippen molar-refractivity contribution in [3.05, 3.63) is 35.4 Å². The lowest BCUT2D eigenvalue weighted by Crippen LogP contribution is -2.55. The number of carbonyl (C=O) groups excluding carboxylic acids is 2. The molecule has 1 unspecified atom stereocenters. The number of piperazine rings is 1. The van der Waals surface area contributed by atoms with Crippen LogP contribution >= 0.6 is 0 Å². The number of carbonyl (C=O) groups is 2. The molecule has 114 valence electrons. The van der Waals surface area contributed by atoms with Crippen LogP contribution in [0.15, 0.2) is 18.2 Å². The van der Waals surface area contributed by atoms with Crippen LogP contribution in [0, 0.1) is 11.6 Å². The summed E-state index contributed by atoms with van der Waals surface area (Å²) in [7, 11) is 1.24. The zero-order valence-corrected chi connectivity index (χ0v) is 11.6. The lowest BCUT2D eigenvalue weighted by molar-refractivity contribution is -0.146. The number of nitrogens with one attached hydrogen (secondary N) is 1. The van der Waals surface area contributed by atoms with E-state index in [4.69, 9.17) is 0 Å². The lowest BCUT2D eigenvalue weighted by Gasteiger charge is -2.34. The van der Waals surface area contributed by atoms with Crippen molar-refractivity contribution in [3.63, 3.8) is 0 Å². The van der Waals surface area contributed by atoms with Crippen LogP contribution in [0.5, 0.6) is 0 Å². The highest BCUT2D eigenvalue weighted by atomic mass is 19.2. The molecule has 0 radical (unpaired) electrons. The average molecular weight is 298 g/mol. The minimum atomic E-state index is -0.932. The van der Waals surface area contributed by atoms with E-state index >= 15 is 0 Å². The molecule has 7 heteroatoms. The number of hydrogen-bond donors (Lipinski definition) is 1. The smallest absolute Gasteiger partial charge is 0.307 e. The summed E-state index contributed by atoms with van der Waals surface area (Å²) >= 11 is 0. The zero-order chi connectivity index (χ0) is 15.4. The number of hydrogen-bond acceptors (Lipinski definition) is 4. The van der Waals surface area contributed by atoms with E-state index in [1.54, 1.807) is 4.90 Å². The van der Waals surface area contributed by atoms with Crippen LogP contribution in [0.25, 0.3) is 0 Å². The highest BCUT2D eigenvalue weighted by Gasteiger charge is 2.32. The molecule has 1 saturated heterocycles. The summed E-state index contributed by atoms with van der Waals surface area (Å²) in [5.74, 6) is -2.70. The molecule has 1 aliphatic rings. The lowest BCUT2D eigenvalue weighted by atomic mass is 10.1. The van der Waals surface area contributed by atoms with Crippen LogP contribution in [0.2, 0.25) is 0 Å². The third-order valence-electron chi connectivity index (χ3n) is 3.43. The highest BCUT2D eigenvalue weighted by molar-refractivity contribution is 5.87. The molecule has 1 N–H and O–H groups in total. The van der Waals surface area contributed by atoms with Gasteiger partial charge in [0.1, 0.15) is 6.04 Å². The van der Waals surface area contributed by atoms with Crippen molar-refractivity contribution in [1.29, 1.82) is 0 Å². The second-order valence-electron chi connectivity index (χ2n) is 4.77. The molecule has 1 atom stereocenters. The summed E-state index contributed by atoms with van der Waals surface area (Å²) in [6.07, 6.45) is -0.126. The van der Waals surface area contributed by atoms with Crippen LogP contribution in [0.3, 0.4) is 0 Å². The van der Waals surface area contributed by atoms with Crippen LogP contribution in [0.4, 0.5) is 8.78 Å². The molecule has 5 nitrogen and oxygen atoms in total. The highest BCUT2D eigenvalue weighted by Crippen LogP contribution is 2.18. The molecule has 0 bridgehead atoms. The molecule has 1 fully saturated rings. The maximum absolute atomic E-state index is 13.7. The van der Waals surface area contributed by atoms with Crippen molar-refractivity contribution in [2.45, 2.75) is 19.0 Å². The molecule has 2 rings (SSSR count). The third-order valence-corrected chi connectivity index (χ3v) is 3.43. The Morgan fingerprint density at radius 1 is 1.48 bits per heavy atom. The molecule has 0 aromatic heterocycles.